The third-order valence-electron chi connectivity index (χ3n) is 0. The van der Waals surface area contributed by atoms with Gasteiger partial charge in [0.05, 0.1) is 0 Å². The Morgan fingerprint density at radius 1 is 1.33 bits per heavy atom. The topological polar surface area (TPSA) is 63.2 Å². The first-order chi connectivity index (χ1) is 1.73. The summed E-state index contributed by atoms with van der Waals surface area (Å²) >= 11 is 0. The number of carboxylic acid groups (broad SMARTS) is 2. The van der Waals surface area contributed by atoms with E-state index in [4.69, 9.17) is 15.0 Å². The van der Waals surface area contributed by atoms with Crippen molar-refractivity contribution >= 4 is 43.9 Å². The molecule has 0 aliphatic rings. The van der Waals surface area contributed by atoms with Crippen LogP contribution in [0, 0.1) is 0 Å². The van der Waals surface area contributed by atoms with Crippen LogP contribution in [0.5, 0.6) is 0 Å². The summed E-state index contributed by atoms with van der Waals surface area (Å²) in [6.45, 7) is 0. The summed E-state index contributed by atoms with van der Waals surface area (Å²) in [5.41, 5.74) is 0. The molecule has 0 aliphatic carbocycles. The van der Waals surface area contributed by atoms with Gasteiger partial charge in [-0.3, -0.25) is 0 Å². The Balaban J connectivity index is -0.0000000450. The van der Waals surface area contributed by atoms with E-state index in [2.05, 4.69) is 0 Å². The number of carbonyl (C=O) groups excluding carboxylic acids is 1. The van der Waals surface area contributed by atoms with Crippen molar-refractivity contribution in [1.82, 2.24) is 0 Å². The molecule has 0 aromatic rings. The summed E-state index contributed by atoms with van der Waals surface area (Å²) in [5.74, 6) is 0. The normalized spacial score (nSPS) is 4.00. The van der Waals surface area contributed by atoms with Gasteiger partial charge >= 0.3 is 37.7 Å². The molecule has 0 spiro atoms. The molecule has 5 heteroatoms. The van der Waals surface area contributed by atoms with Crippen LogP contribution in [-0.4, -0.2) is 43.9 Å². The maximum Gasteiger partial charge on any atom is 2.00 e. The third kappa shape index (κ3) is 66.8. The molecule has 0 aliphatic heterocycles. The van der Waals surface area contributed by atoms with Gasteiger partial charge < -0.3 is 15.0 Å². The maximum atomic E-state index is 8.33. The zero-order chi connectivity index (χ0) is 3.58. The molecular formula is CCaO3Zn. The predicted octanol–water partition coefficient (Wildman–Crippen LogP) is -2.83. The maximum absolute atomic E-state index is 8.33. The van der Waals surface area contributed by atoms with E-state index in [1.54, 1.807) is 0 Å². The molecule has 0 atom stereocenters. The minimum absolute atomic E-state index is 0. The Morgan fingerprint density at radius 2 is 1.33 bits per heavy atom. The van der Waals surface area contributed by atoms with Gasteiger partial charge in [0.25, 0.3) is 0 Å². The number of rotatable bonds is 0. The van der Waals surface area contributed by atoms with Gasteiger partial charge in [0.1, 0.15) is 0 Å². The summed E-state index contributed by atoms with van der Waals surface area (Å²) in [6, 6.07) is 0. The van der Waals surface area contributed by atoms with Crippen molar-refractivity contribution in [3.8, 4) is 0 Å². The van der Waals surface area contributed by atoms with Gasteiger partial charge in [0.15, 0.2) is 0 Å². The molecule has 6 heavy (non-hydrogen) atoms. The average molecular weight is 165 g/mol. The van der Waals surface area contributed by atoms with Crippen LogP contribution in [0.1, 0.15) is 0 Å². The van der Waals surface area contributed by atoms with Gasteiger partial charge in [-0.25, -0.2) is 0 Å². The van der Waals surface area contributed by atoms with Gasteiger partial charge in [-0.15, -0.1) is 0 Å². The smallest absolute Gasteiger partial charge is 0.652 e. The third-order valence-corrected chi connectivity index (χ3v) is 0. The molecule has 0 unspecified atom stereocenters. The molecule has 0 saturated heterocycles. The molecule has 0 amide bonds. The van der Waals surface area contributed by atoms with E-state index in [0.717, 1.165) is 0 Å². The molecule has 0 aromatic heterocycles. The van der Waals surface area contributed by atoms with E-state index in [-0.39, 0.29) is 57.2 Å². The van der Waals surface area contributed by atoms with Crippen LogP contribution >= 0.6 is 0 Å². The Morgan fingerprint density at radius 3 is 1.33 bits per heavy atom. The molecule has 0 fully saturated rings. The van der Waals surface area contributed by atoms with Crippen molar-refractivity contribution < 1.29 is 34.5 Å². The van der Waals surface area contributed by atoms with E-state index in [1.165, 1.54) is 0 Å². The van der Waals surface area contributed by atoms with Gasteiger partial charge in [-0.2, -0.15) is 0 Å². The Hall–Kier alpha value is 1.15. The van der Waals surface area contributed by atoms with Crippen molar-refractivity contribution in [2.45, 2.75) is 0 Å². The molecular weight excluding hydrogens is 165 g/mol. The van der Waals surface area contributed by atoms with Crippen LogP contribution in [0.15, 0.2) is 0 Å². The number of hydrogen-bond donors (Lipinski definition) is 0. The Kier molecular flexibility index (Phi) is 24.8. The standard InChI is InChI=1S/CH2O3.Ca.Zn/c2-1(3)4;;/h(H2,2,3,4);;/q;+2;/p-2. The summed E-state index contributed by atoms with van der Waals surface area (Å²) < 4.78 is 0. The van der Waals surface area contributed by atoms with Crippen LogP contribution in [-0.2, 0) is 19.5 Å². The van der Waals surface area contributed by atoms with Gasteiger partial charge in [-0.1, -0.05) is 0 Å². The first kappa shape index (κ1) is 15.7. The van der Waals surface area contributed by atoms with Crippen LogP contribution < -0.4 is 10.2 Å². The van der Waals surface area contributed by atoms with Crippen molar-refractivity contribution in [2.75, 3.05) is 0 Å². The quantitative estimate of drug-likeness (QED) is 0.364. The second-order valence-electron chi connectivity index (χ2n) is 0.250. The number of hydrogen-bond acceptors (Lipinski definition) is 3. The fraction of sp³-hybridized carbons (Fsp3) is 0. The largest absolute Gasteiger partial charge is 2.00 e. The minimum atomic E-state index is -2.33. The molecule has 0 rings (SSSR count). The van der Waals surface area contributed by atoms with Crippen LogP contribution in [0.4, 0.5) is 4.79 Å². The first-order valence-corrected chi connectivity index (χ1v) is 0.612. The SMILES string of the molecule is O=C([O-])[O-].[Ca+2].[Zn]. The summed E-state index contributed by atoms with van der Waals surface area (Å²) in [7, 11) is 0. The van der Waals surface area contributed by atoms with E-state index in [1.807, 2.05) is 0 Å². The fourth-order valence-corrected chi connectivity index (χ4v) is 0. The molecule has 26 valence electrons. The predicted molar refractivity (Wildman–Crippen MR) is 11.1 cm³/mol. The second-order valence-corrected chi connectivity index (χ2v) is 0.250. The molecule has 0 saturated carbocycles. The summed E-state index contributed by atoms with van der Waals surface area (Å²) in [6.07, 6.45) is -2.33. The fourth-order valence-electron chi connectivity index (χ4n) is 0. The molecule has 3 nitrogen and oxygen atoms in total. The molecule has 0 heterocycles. The van der Waals surface area contributed by atoms with E-state index >= 15 is 0 Å². The average Bonchev–Trinajstić information content (AvgIpc) is 0.811. The van der Waals surface area contributed by atoms with E-state index < -0.39 is 6.16 Å². The summed E-state index contributed by atoms with van der Waals surface area (Å²) in [5, 5.41) is 16.7. The van der Waals surface area contributed by atoms with Gasteiger partial charge in [0.2, 0.25) is 0 Å². The first-order valence-electron chi connectivity index (χ1n) is 0.612. The molecule has 0 N–H and O–H groups in total. The van der Waals surface area contributed by atoms with Crippen molar-refractivity contribution in [3.63, 3.8) is 0 Å². The van der Waals surface area contributed by atoms with Crippen LogP contribution in [0.3, 0.4) is 0 Å². The molecule has 0 aromatic carbocycles. The van der Waals surface area contributed by atoms with Crippen molar-refractivity contribution in [2.24, 2.45) is 0 Å². The van der Waals surface area contributed by atoms with E-state index in [0.29, 0.717) is 0 Å². The second kappa shape index (κ2) is 9.47. The summed E-state index contributed by atoms with van der Waals surface area (Å²) in [4.78, 5) is 8.33. The van der Waals surface area contributed by atoms with Crippen molar-refractivity contribution in [3.05, 3.63) is 0 Å². The van der Waals surface area contributed by atoms with E-state index in [9.17, 15) is 0 Å². The van der Waals surface area contributed by atoms with Gasteiger partial charge in [0, 0.05) is 19.5 Å². The van der Waals surface area contributed by atoms with Crippen LogP contribution in [0.25, 0.3) is 0 Å². The van der Waals surface area contributed by atoms with Gasteiger partial charge in [-0.05, 0) is 6.16 Å². The Bertz CT molecular complexity index is 33.8. The molecule has 0 bridgehead atoms. The van der Waals surface area contributed by atoms with Crippen LogP contribution in [0.2, 0.25) is 0 Å². The zero-order valence-corrected chi connectivity index (χ0v) is 8.31. The Labute approximate surface area is 77.5 Å². The monoisotopic (exact) mass is 164 g/mol. The zero-order valence-electron chi connectivity index (χ0n) is 3.14. The van der Waals surface area contributed by atoms with Crippen molar-refractivity contribution in [1.29, 1.82) is 0 Å². The minimum Gasteiger partial charge on any atom is -0.652 e. The number of carbonyl (C=O) groups is 1. The molecule has 0 radical (unpaired) electrons.